The molecule has 3 aromatic rings. The monoisotopic (exact) mass is 756 g/mol. The topological polar surface area (TPSA) is 0 Å². The summed E-state index contributed by atoms with van der Waals surface area (Å²) >= 11 is 0. The van der Waals surface area contributed by atoms with E-state index in [9.17, 15) is 0 Å². The molecule has 9 rings (SSSR count). The number of hydrogen-bond donors (Lipinski definition) is 0. The summed E-state index contributed by atoms with van der Waals surface area (Å²) in [6.45, 7) is 0. The van der Waals surface area contributed by atoms with Crippen molar-refractivity contribution in [2.75, 3.05) is 0 Å². The molecule has 6 heteroatoms. The first kappa shape index (κ1) is 42.5. The van der Waals surface area contributed by atoms with Crippen LogP contribution in [0.5, 0.6) is 0 Å². The summed E-state index contributed by atoms with van der Waals surface area (Å²) in [7, 11) is 0. The van der Waals surface area contributed by atoms with Gasteiger partial charge in [-0.05, 0) is 19.3 Å². The molecule has 0 nitrogen and oxygen atoms in total. The third kappa shape index (κ3) is 9.35. The van der Waals surface area contributed by atoms with Gasteiger partial charge < -0.3 is 37.2 Å². The van der Waals surface area contributed by atoms with Crippen LogP contribution < -0.4 is 37.2 Å². The fourth-order valence-corrected chi connectivity index (χ4v) is 7.50. The van der Waals surface area contributed by atoms with Crippen molar-refractivity contribution < 1.29 is 102 Å². The fourth-order valence-electron chi connectivity index (χ4n) is 7.50. The van der Waals surface area contributed by atoms with Crippen LogP contribution in [0.15, 0.2) is 89.5 Å². The number of allylic oxidation sites excluding steroid dienone is 6. The molecule has 0 fully saturated rings. The van der Waals surface area contributed by atoms with E-state index in [1.807, 2.05) is 0 Å². The van der Waals surface area contributed by atoms with Crippen LogP contribution in [0.25, 0.3) is 16.7 Å². The van der Waals surface area contributed by atoms with Crippen LogP contribution >= 0.6 is 0 Å². The van der Waals surface area contributed by atoms with Gasteiger partial charge >= 0.3 is 65.2 Å². The first-order valence-corrected chi connectivity index (χ1v) is 15.3. The Morgan fingerprint density at radius 2 is 0.644 bits per heavy atom. The molecule has 228 valence electrons. The predicted molar refractivity (Wildman–Crippen MR) is 166 cm³/mol. The van der Waals surface area contributed by atoms with E-state index < -0.39 is 0 Å². The summed E-state index contributed by atoms with van der Waals surface area (Å²) in [6.07, 6.45) is 22.6. The third-order valence-electron chi connectivity index (χ3n) is 9.40. The molecule has 0 unspecified atom stereocenters. The molecule has 0 spiro atoms. The number of rotatable bonds is 0. The van der Waals surface area contributed by atoms with E-state index in [4.69, 9.17) is 0 Å². The number of halogens is 3. The Bertz CT molecular complexity index is 1330. The van der Waals surface area contributed by atoms with Crippen molar-refractivity contribution in [2.45, 2.75) is 77.0 Å². The third-order valence-corrected chi connectivity index (χ3v) is 9.40. The molecule has 0 aliphatic heterocycles. The van der Waals surface area contributed by atoms with Crippen LogP contribution in [-0.4, -0.2) is 0 Å². The number of benzene rings is 3. The summed E-state index contributed by atoms with van der Waals surface area (Å²) in [4.78, 5) is 0. The van der Waals surface area contributed by atoms with Crippen LogP contribution in [0.4, 0.5) is 0 Å². The zero-order chi connectivity index (χ0) is 26.0. The SMILES string of the molecule is [Cl-].[Cl-].[Cl-].[Ti+2].[Ti+2].[Ti+2].c1ccc2c(c1)CC1=C2CCC[CH-]1.c1ccc2c(c1)CC1=C2CCC[CH-]1.c1ccc2c(c1)CC1=C2CCC[CH-]1. The minimum absolute atomic E-state index is 0. The summed E-state index contributed by atoms with van der Waals surface area (Å²) in [5, 5.41) is 0. The van der Waals surface area contributed by atoms with E-state index >= 15 is 0 Å². The van der Waals surface area contributed by atoms with E-state index in [1.54, 1.807) is 33.4 Å². The van der Waals surface area contributed by atoms with E-state index in [0.29, 0.717) is 0 Å². The normalized spacial score (nSPS) is 16.8. The van der Waals surface area contributed by atoms with Crippen molar-refractivity contribution in [3.05, 3.63) is 142 Å². The van der Waals surface area contributed by atoms with Crippen molar-refractivity contribution in [3.63, 3.8) is 0 Å². The second-order valence-electron chi connectivity index (χ2n) is 11.8. The summed E-state index contributed by atoms with van der Waals surface area (Å²) < 4.78 is 0. The van der Waals surface area contributed by atoms with Crippen molar-refractivity contribution >= 4 is 16.7 Å². The molecular weight excluding hydrogens is 718 g/mol. The zero-order valence-electron chi connectivity index (χ0n) is 25.8. The molecule has 0 radical (unpaired) electrons. The van der Waals surface area contributed by atoms with Crippen LogP contribution in [-0.2, 0) is 84.4 Å². The Kier molecular flexibility index (Phi) is 19.0. The molecule has 6 aliphatic carbocycles. The smallest absolute Gasteiger partial charge is 1.00 e. The molecule has 3 aromatic carbocycles. The first-order chi connectivity index (χ1) is 19.3. The van der Waals surface area contributed by atoms with Gasteiger partial charge in [-0.15, -0.1) is 36.0 Å². The molecular formula is C39H39Cl3Ti3. The molecule has 0 saturated heterocycles. The standard InChI is InChI=1S/3C13H13.3ClH.3Ti/c3*1-3-7-12-10(5-1)9-11-6-2-4-8-13(11)12;;;;;;/h3*1,3,5-7H,2,4,8-9H2;3*1H;;;/q3*-1;;;;3*+2/p-3. The maximum atomic E-state index is 2.43. The maximum Gasteiger partial charge on any atom is 2.00 e. The second kappa shape index (κ2) is 20.1. The summed E-state index contributed by atoms with van der Waals surface area (Å²) in [6, 6.07) is 26.5. The summed E-state index contributed by atoms with van der Waals surface area (Å²) in [5.74, 6) is 0. The summed E-state index contributed by atoms with van der Waals surface area (Å²) in [5.41, 5.74) is 18.9. The Hall–Kier alpha value is -0.497. The number of fused-ring (bicyclic) bond motifs is 6. The Labute approximate surface area is 335 Å². The average Bonchev–Trinajstić information content (AvgIpc) is 3.69. The Morgan fingerprint density at radius 3 is 0.933 bits per heavy atom. The van der Waals surface area contributed by atoms with Crippen LogP contribution in [0.1, 0.15) is 91.2 Å². The molecule has 0 bridgehead atoms. The molecule has 0 amide bonds. The molecule has 0 saturated carbocycles. The minimum Gasteiger partial charge on any atom is -1.00 e. The van der Waals surface area contributed by atoms with Crippen LogP contribution in [0.2, 0.25) is 0 Å². The Balaban J connectivity index is 0.000000316. The minimum atomic E-state index is 0. The maximum absolute atomic E-state index is 2.43. The van der Waals surface area contributed by atoms with E-state index in [1.165, 1.54) is 110 Å². The van der Waals surface area contributed by atoms with Crippen molar-refractivity contribution in [1.29, 1.82) is 0 Å². The van der Waals surface area contributed by atoms with Crippen molar-refractivity contribution in [2.24, 2.45) is 0 Å². The fraction of sp³-hybridized carbons (Fsp3) is 0.308. The van der Waals surface area contributed by atoms with Gasteiger partial charge in [-0.1, -0.05) is 128 Å². The van der Waals surface area contributed by atoms with E-state index in [0.717, 1.165) is 0 Å². The van der Waals surface area contributed by atoms with Gasteiger partial charge in [0.15, 0.2) is 0 Å². The van der Waals surface area contributed by atoms with Crippen LogP contribution in [0, 0.1) is 19.3 Å². The van der Waals surface area contributed by atoms with Crippen LogP contribution in [0.3, 0.4) is 0 Å². The van der Waals surface area contributed by atoms with Gasteiger partial charge in [0.1, 0.15) is 0 Å². The van der Waals surface area contributed by atoms with Gasteiger partial charge in [0.2, 0.25) is 0 Å². The van der Waals surface area contributed by atoms with Gasteiger partial charge in [0.05, 0.1) is 0 Å². The Morgan fingerprint density at radius 1 is 0.378 bits per heavy atom. The molecule has 0 N–H and O–H groups in total. The molecule has 0 heterocycles. The quantitative estimate of drug-likeness (QED) is 0.239. The molecule has 45 heavy (non-hydrogen) atoms. The van der Waals surface area contributed by atoms with E-state index in [-0.39, 0.29) is 102 Å². The largest absolute Gasteiger partial charge is 2.00 e. The van der Waals surface area contributed by atoms with Gasteiger partial charge in [0, 0.05) is 0 Å². The molecule has 6 aliphatic rings. The molecule has 0 aromatic heterocycles. The average molecular weight is 758 g/mol. The van der Waals surface area contributed by atoms with E-state index in [2.05, 4.69) is 92.1 Å². The van der Waals surface area contributed by atoms with Gasteiger partial charge in [-0.2, -0.15) is 16.7 Å². The first-order valence-electron chi connectivity index (χ1n) is 15.3. The van der Waals surface area contributed by atoms with Gasteiger partial charge in [-0.3, -0.25) is 0 Å². The number of hydrogen-bond acceptors (Lipinski definition) is 0. The van der Waals surface area contributed by atoms with Crippen molar-refractivity contribution in [3.8, 4) is 0 Å². The zero-order valence-corrected chi connectivity index (χ0v) is 32.7. The predicted octanol–water partition coefficient (Wildman–Crippen LogP) is 1.16. The second-order valence-corrected chi connectivity index (χ2v) is 11.8. The van der Waals surface area contributed by atoms with Gasteiger partial charge in [-0.25, -0.2) is 36.0 Å². The van der Waals surface area contributed by atoms with Gasteiger partial charge in [0.25, 0.3) is 0 Å². The van der Waals surface area contributed by atoms with Crippen molar-refractivity contribution in [1.82, 2.24) is 0 Å². The molecule has 0 atom stereocenters.